The number of carbonyl (C=O) groups is 3. The third-order valence-electron chi connectivity index (χ3n) is 10.6. The molecule has 1 unspecified atom stereocenters. The summed E-state index contributed by atoms with van der Waals surface area (Å²) in [7, 11) is 0. The third kappa shape index (κ3) is 38.1. The molecule has 0 aliphatic rings. The Morgan fingerprint density at radius 3 is 1.10 bits per heavy atom. The van der Waals surface area contributed by atoms with Crippen LogP contribution in [0.4, 0.5) is 0 Å². The van der Waals surface area contributed by atoms with Gasteiger partial charge in [0, 0.05) is 19.3 Å². The largest absolute Gasteiger partial charge is 0.462 e. The van der Waals surface area contributed by atoms with Crippen molar-refractivity contribution in [1.29, 1.82) is 0 Å². The first kappa shape index (κ1) is 50.4. The molecule has 6 nitrogen and oxygen atoms in total. The molecule has 0 aromatic carbocycles. The van der Waals surface area contributed by atoms with E-state index in [2.05, 4.69) is 34.6 Å². The first-order valence-electron chi connectivity index (χ1n) is 22.8. The zero-order valence-electron chi connectivity index (χ0n) is 35.4. The lowest BCUT2D eigenvalue weighted by atomic mass is 10.00. The van der Waals surface area contributed by atoms with E-state index in [0.717, 1.165) is 69.6 Å². The van der Waals surface area contributed by atoms with E-state index in [1.165, 1.54) is 135 Å². The zero-order chi connectivity index (χ0) is 38.3. The van der Waals surface area contributed by atoms with Crippen LogP contribution >= 0.6 is 0 Å². The van der Waals surface area contributed by atoms with Crippen LogP contribution in [0.5, 0.6) is 0 Å². The number of ether oxygens (including phenoxy) is 3. The van der Waals surface area contributed by atoms with Crippen LogP contribution < -0.4 is 0 Å². The molecule has 0 heterocycles. The van der Waals surface area contributed by atoms with Crippen molar-refractivity contribution >= 4 is 17.9 Å². The van der Waals surface area contributed by atoms with Crippen LogP contribution in [-0.4, -0.2) is 37.2 Å². The Balaban J connectivity index is 4.35. The summed E-state index contributed by atoms with van der Waals surface area (Å²) < 4.78 is 16.7. The van der Waals surface area contributed by atoms with Gasteiger partial charge in [0.2, 0.25) is 0 Å². The summed E-state index contributed by atoms with van der Waals surface area (Å²) >= 11 is 0. The van der Waals surface area contributed by atoms with Crippen LogP contribution in [0.2, 0.25) is 0 Å². The van der Waals surface area contributed by atoms with Crippen molar-refractivity contribution < 1.29 is 28.6 Å². The molecule has 0 N–H and O–H groups in total. The van der Waals surface area contributed by atoms with Crippen molar-refractivity contribution in [3.05, 3.63) is 0 Å². The first-order valence-corrected chi connectivity index (χ1v) is 22.8. The summed E-state index contributed by atoms with van der Waals surface area (Å²) in [5.41, 5.74) is 0. The Bertz CT molecular complexity index is 796. The van der Waals surface area contributed by atoms with E-state index in [4.69, 9.17) is 14.2 Å². The van der Waals surface area contributed by atoms with Gasteiger partial charge in [0.05, 0.1) is 0 Å². The van der Waals surface area contributed by atoms with Crippen LogP contribution in [0.15, 0.2) is 0 Å². The van der Waals surface area contributed by atoms with Crippen molar-refractivity contribution in [2.24, 2.45) is 11.8 Å². The van der Waals surface area contributed by atoms with Gasteiger partial charge in [0.25, 0.3) is 0 Å². The van der Waals surface area contributed by atoms with Crippen molar-refractivity contribution in [2.75, 3.05) is 13.2 Å². The average Bonchev–Trinajstić information content (AvgIpc) is 3.12. The minimum atomic E-state index is -0.760. The highest BCUT2D eigenvalue weighted by Gasteiger charge is 2.19. The molecular formula is C46H88O6. The molecule has 308 valence electrons. The topological polar surface area (TPSA) is 78.9 Å². The fourth-order valence-corrected chi connectivity index (χ4v) is 6.72. The van der Waals surface area contributed by atoms with Gasteiger partial charge < -0.3 is 14.2 Å². The molecule has 0 radical (unpaired) electrons. The lowest BCUT2D eigenvalue weighted by Crippen LogP contribution is -2.30. The molecule has 0 aromatic rings. The van der Waals surface area contributed by atoms with Crippen LogP contribution in [0, 0.1) is 11.8 Å². The Kier molecular flexibility index (Phi) is 37.9. The molecular weight excluding hydrogens is 648 g/mol. The minimum Gasteiger partial charge on any atom is -0.462 e. The number of hydrogen-bond donors (Lipinski definition) is 0. The summed E-state index contributed by atoms with van der Waals surface area (Å²) in [5, 5.41) is 0. The van der Waals surface area contributed by atoms with Crippen molar-refractivity contribution in [2.45, 2.75) is 253 Å². The smallest absolute Gasteiger partial charge is 0.306 e. The molecule has 0 fully saturated rings. The second kappa shape index (κ2) is 39.1. The molecule has 0 rings (SSSR count). The normalized spacial score (nSPS) is 12.6. The van der Waals surface area contributed by atoms with Crippen LogP contribution in [0.3, 0.4) is 0 Å². The highest BCUT2D eigenvalue weighted by Crippen LogP contribution is 2.17. The van der Waals surface area contributed by atoms with Gasteiger partial charge in [-0.1, -0.05) is 208 Å². The van der Waals surface area contributed by atoms with Gasteiger partial charge in [0.15, 0.2) is 6.10 Å². The number of unbranched alkanes of at least 4 members (excludes halogenated alkanes) is 24. The maximum Gasteiger partial charge on any atom is 0.306 e. The van der Waals surface area contributed by atoms with E-state index in [-0.39, 0.29) is 31.1 Å². The van der Waals surface area contributed by atoms with E-state index >= 15 is 0 Å². The molecule has 0 spiro atoms. The van der Waals surface area contributed by atoms with Crippen LogP contribution in [0.25, 0.3) is 0 Å². The molecule has 52 heavy (non-hydrogen) atoms. The third-order valence-corrected chi connectivity index (χ3v) is 10.6. The molecule has 0 aromatic heterocycles. The van der Waals surface area contributed by atoms with Gasteiger partial charge in [0.1, 0.15) is 13.2 Å². The highest BCUT2D eigenvalue weighted by atomic mass is 16.6. The second-order valence-electron chi connectivity index (χ2n) is 16.4. The predicted molar refractivity (Wildman–Crippen MR) is 220 cm³/mol. The molecule has 2 atom stereocenters. The predicted octanol–water partition coefficient (Wildman–Crippen LogP) is 14.2. The maximum absolute atomic E-state index is 12.7. The SMILES string of the molecule is CCCCCCCCCCCCCCC(=O)O[C@H](COC(=O)CCCCCCCCCCCC(C)C)COC(=O)CCCCCCCCC(C)CC. The number of carbonyl (C=O) groups excluding carboxylic acids is 3. The summed E-state index contributed by atoms with van der Waals surface area (Å²) in [6, 6.07) is 0. The fraction of sp³-hybridized carbons (Fsp3) is 0.935. The van der Waals surface area contributed by atoms with Crippen molar-refractivity contribution in [3.63, 3.8) is 0 Å². The molecule has 0 aliphatic heterocycles. The lowest BCUT2D eigenvalue weighted by molar-refractivity contribution is -0.167. The minimum absolute atomic E-state index is 0.0657. The summed E-state index contributed by atoms with van der Waals surface area (Å²) in [4.78, 5) is 37.7. The van der Waals surface area contributed by atoms with Crippen molar-refractivity contribution in [1.82, 2.24) is 0 Å². The Morgan fingerprint density at radius 1 is 0.404 bits per heavy atom. The number of hydrogen-bond acceptors (Lipinski definition) is 6. The monoisotopic (exact) mass is 737 g/mol. The Hall–Kier alpha value is -1.59. The van der Waals surface area contributed by atoms with Crippen molar-refractivity contribution in [3.8, 4) is 0 Å². The van der Waals surface area contributed by atoms with Gasteiger partial charge in [-0.05, 0) is 31.1 Å². The fourth-order valence-electron chi connectivity index (χ4n) is 6.72. The Labute approximate surface area is 323 Å². The first-order chi connectivity index (χ1) is 25.3. The summed E-state index contributed by atoms with van der Waals surface area (Å²) in [5.74, 6) is 0.762. The van der Waals surface area contributed by atoms with E-state index in [1.807, 2.05) is 0 Å². The molecule has 0 bridgehead atoms. The summed E-state index contributed by atoms with van der Waals surface area (Å²) in [6.45, 7) is 11.3. The number of rotatable bonds is 40. The van der Waals surface area contributed by atoms with Gasteiger partial charge >= 0.3 is 17.9 Å². The number of esters is 3. The standard InChI is InChI=1S/C46H88O6/c1-6-8-9-10-11-12-13-14-17-21-28-33-38-46(49)52-43(40-51-45(48)37-32-27-23-22-25-30-35-42(5)7-2)39-50-44(47)36-31-26-20-18-15-16-19-24-29-34-41(3)4/h41-43H,6-40H2,1-5H3/t42?,43-/m1/s1. The summed E-state index contributed by atoms with van der Waals surface area (Å²) in [6.07, 6.45) is 36.6. The van der Waals surface area contributed by atoms with Gasteiger partial charge in [-0.2, -0.15) is 0 Å². The maximum atomic E-state index is 12.7. The highest BCUT2D eigenvalue weighted by molar-refractivity contribution is 5.71. The van der Waals surface area contributed by atoms with E-state index in [9.17, 15) is 14.4 Å². The average molecular weight is 737 g/mol. The van der Waals surface area contributed by atoms with E-state index < -0.39 is 6.10 Å². The zero-order valence-corrected chi connectivity index (χ0v) is 35.4. The molecule has 0 saturated heterocycles. The van der Waals surface area contributed by atoms with Gasteiger partial charge in [-0.15, -0.1) is 0 Å². The molecule has 0 amide bonds. The second-order valence-corrected chi connectivity index (χ2v) is 16.4. The lowest BCUT2D eigenvalue weighted by Gasteiger charge is -2.18. The Morgan fingerprint density at radius 2 is 0.731 bits per heavy atom. The van der Waals surface area contributed by atoms with E-state index in [1.54, 1.807) is 0 Å². The molecule has 0 aliphatic carbocycles. The van der Waals surface area contributed by atoms with Gasteiger partial charge in [-0.25, -0.2) is 0 Å². The quantitative estimate of drug-likeness (QED) is 0.0354. The van der Waals surface area contributed by atoms with Gasteiger partial charge in [-0.3, -0.25) is 14.4 Å². The molecule has 6 heteroatoms. The molecule has 0 saturated carbocycles. The van der Waals surface area contributed by atoms with Crippen LogP contribution in [0.1, 0.15) is 247 Å². The van der Waals surface area contributed by atoms with E-state index in [0.29, 0.717) is 19.3 Å². The van der Waals surface area contributed by atoms with Crippen LogP contribution in [-0.2, 0) is 28.6 Å².